The Bertz CT molecular complexity index is 677. The van der Waals surface area contributed by atoms with E-state index in [1.54, 1.807) is 6.07 Å². The summed E-state index contributed by atoms with van der Waals surface area (Å²) in [7, 11) is 1.37. The van der Waals surface area contributed by atoms with Crippen molar-refractivity contribution in [3.63, 3.8) is 0 Å². The monoisotopic (exact) mass is 347 g/mol. The van der Waals surface area contributed by atoms with Gasteiger partial charge in [-0.3, -0.25) is 0 Å². The minimum absolute atomic E-state index is 0. The average molecular weight is 348 g/mol. The first-order valence-electron chi connectivity index (χ1n) is 6.78. The quantitative estimate of drug-likeness (QED) is 0.894. The molecule has 0 bridgehead atoms. The number of aromatic nitrogens is 2. The zero-order chi connectivity index (χ0) is 15.7. The molecular weight excluding hydrogens is 332 g/mol. The fraction of sp³-hybridized carbons (Fsp3) is 0.429. The molecule has 6 nitrogen and oxygen atoms in total. The van der Waals surface area contributed by atoms with Crippen molar-refractivity contribution in [1.82, 2.24) is 10.1 Å². The minimum atomic E-state index is -2.95. The number of rotatable bonds is 5. The molecule has 1 heterocycles. The lowest BCUT2D eigenvalue weighted by Gasteiger charge is -2.34. The highest BCUT2D eigenvalue weighted by molar-refractivity contribution is 5.85. The van der Waals surface area contributed by atoms with E-state index in [4.69, 9.17) is 15.0 Å². The van der Waals surface area contributed by atoms with Crippen molar-refractivity contribution < 1.29 is 22.8 Å². The summed E-state index contributed by atoms with van der Waals surface area (Å²) in [6, 6.07) is 4.49. The lowest BCUT2D eigenvalue weighted by molar-refractivity contribution is -0.0511. The molecule has 23 heavy (non-hydrogen) atoms. The van der Waals surface area contributed by atoms with Gasteiger partial charge in [-0.2, -0.15) is 13.8 Å². The number of alkyl halides is 2. The molecule has 1 aromatic heterocycles. The van der Waals surface area contributed by atoms with Crippen LogP contribution in [-0.2, 0) is 5.54 Å². The summed E-state index contributed by atoms with van der Waals surface area (Å²) in [5, 5.41) is 3.89. The Morgan fingerprint density at radius 2 is 2.04 bits per heavy atom. The molecule has 1 fully saturated rings. The van der Waals surface area contributed by atoms with Crippen LogP contribution in [0.1, 0.15) is 25.1 Å². The van der Waals surface area contributed by atoms with Gasteiger partial charge >= 0.3 is 6.61 Å². The van der Waals surface area contributed by atoms with Gasteiger partial charge in [0.2, 0.25) is 0 Å². The summed E-state index contributed by atoms with van der Waals surface area (Å²) >= 11 is 0. The van der Waals surface area contributed by atoms with Crippen molar-refractivity contribution in [3.05, 3.63) is 24.0 Å². The second kappa shape index (κ2) is 6.67. The number of hydrogen-bond donors (Lipinski definition) is 1. The molecule has 2 N–H and O–H groups in total. The van der Waals surface area contributed by atoms with E-state index >= 15 is 0 Å². The molecule has 9 heteroatoms. The molecule has 0 amide bonds. The molecule has 1 aliphatic rings. The summed E-state index contributed by atoms with van der Waals surface area (Å²) in [6.07, 6.45) is 2.62. The molecular formula is C14H16ClF2N3O3. The Kier molecular flexibility index (Phi) is 5.06. The predicted octanol–water partition coefficient (Wildman–Crippen LogP) is 3.11. The first kappa shape index (κ1) is 17.4. The Morgan fingerprint density at radius 3 is 2.61 bits per heavy atom. The maximum absolute atomic E-state index is 12.4. The van der Waals surface area contributed by atoms with Crippen molar-refractivity contribution in [2.24, 2.45) is 5.73 Å². The van der Waals surface area contributed by atoms with Crippen LogP contribution in [0.4, 0.5) is 8.78 Å². The van der Waals surface area contributed by atoms with Crippen molar-refractivity contribution >= 4 is 12.4 Å². The second-order valence-corrected chi connectivity index (χ2v) is 5.18. The third-order valence-electron chi connectivity index (χ3n) is 3.74. The molecule has 3 rings (SSSR count). The maximum atomic E-state index is 12.4. The van der Waals surface area contributed by atoms with E-state index in [2.05, 4.69) is 14.9 Å². The van der Waals surface area contributed by atoms with Gasteiger partial charge in [0.1, 0.15) is 0 Å². The van der Waals surface area contributed by atoms with Crippen LogP contribution in [0.15, 0.2) is 22.7 Å². The Hall–Kier alpha value is -1.93. The number of hydrogen-bond acceptors (Lipinski definition) is 6. The number of halogens is 3. The standard InChI is InChI=1S/C14H15F2N3O3.ClH/c1-20-9-4-3-8(7-10(9)21-13(15)16)11-18-12(19-22-11)14(17)5-2-6-14;/h3-4,7,13H,2,5-6,17H2,1H3;1H. The Morgan fingerprint density at radius 1 is 1.30 bits per heavy atom. The zero-order valence-corrected chi connectivity index (χ0v) is 13.1. The fourth-order valence-corrected chi connectivity index (χ4v) is 2.32. The van der Waals surface area contributed by atoms with Gasteiger partial charge in [0.25, 0.3) is 5.89 Å². The van der Waals surface area contributed by atoms with Crippen LogP contribution < -0.4 is 15.2 Å². The molecule has 1 saturated carbocycles. The van der Waals surface area contributed by atoms with Gasteiger partial charge in [0, 0.05) is 5.56 Å². The van der Waals surface area contributed by atoms with Crippen LogP contribution >= 0.6 is 12.4 Å². The highest BCUT2D eigenvalue weighted by Gasteiger charge is 2.39. The molecule has 0 unspecified atom stereocenters. The number of nitrogens with zero attached hydrogens (tertiary/aromatic N) is 2. The Balaban J connectivity index is 0.00000192. The van der Waals surface area contributed by atoms with E-state index in [1.165, 1.54) is 19.2 Å². The molecule has 0 atom stereocenters. The highest BCUT2D eigenvalue weighted by atomic mass is 35.5. The van der Waals surface area contributed by atoms with Crippen LogP contribution in [0.25, 0.3) is 11.5 Å². The van der Waals surface area contributed by atoms with E-state index in [-0.39, 0.29) is 29.8 Å². The summed E-state index contributed by atoms with van der Waals surface area (Å²) < 4.78 is 39.5. The average Bonchev–Trinajstić information content (AvgIpc) is 2.94. The van der Waals surface area contributed by atoms with Crippen LogP contribution in [0.3, 0.4) is 0 Å². The van der Waals surface area contributed by atoms with Gasteiger partial charge in [-0.1, -0.05) is 5.16 Å². The molecule has 1 aliphatic carbocycles. The largest absolute Gasteiger partial charge is 0.493 e. The molecule has 2 aromatic rings. The van der Waals surface area contributed by atoms with E-state index in [0.29, 0.717) is 11.4 Å². The Labute approximate surface area is 137 Å². The number of methoxy groups -OCH3 is 1. The van der Waals surface area contributed by atoms with E-state index in [0.717, 1.165) is 19.3 Å². The van der Waals surface area contributed by atoms with Gasteiger partial charge in [0.05, 0.1) is 12.6 Å². The second-order valence-electron chi connectivity index (χ2n) is 5.18. The summed E-state index contributed by atoms with van der Waals surface area (Å²) in [6.45, 7) is -2.95. The van der Waals surface area contributed by atoms with E-state index in [9.17, 15) is 8.78 Å². The first-order chi connectivity index (χ1) is 10.5. The van der Waals surface area contributed by atoms with Crippen LogP contribution in [0.2, 0.25) is 0 Å². The number of nitrogens with two attached hydrogens (primary N) is 1. The lowest BCUT2D eigenvalue weighted by Crippen LogP contribution is -2.44. The molecule has 0 aliphatic heterocycles. The maximum Gasteiger partial charge on any atom is 0.387 e. The molecule has 126 valence electrons. The van der Waals surface area contributed by atoms with Gasteiger partial charge in [-0.15, -0.1) is 12.4 Å². The fourth-order valence-electron chi connectivity index (χ4n) is 2.32. The van der Waals surface area contributed by atoms with Crippen molar-refractivity contribution in [2.75, 3.05) is 7.11 Å². The molecule has 0 spiro atoms. The van der Waals surface area contributed by atoms with E-state index < -0.39 is 12.2 Å². The highest BCUT2D eigenvalue weighted by Crippen LogP contribution is 2.38. The molecule has 1 aromatic carbocycles. The van der Waals surface area contributed by atoms with Gasteiger partial charge in [-0.25, -0.2) is 0 Å². The van der Waals surface area contributed by atoms with Gasteiger partial charge < -0.3 is 19.7 Å². The first-order valence-corrected chi connectivity index (χ1v) is 6.78. The summed E-state index contributed by atoms with van der Waals surface area (Å²) in [5.74, 6) is 0.730. The molecule has 0 radical (unpaired) electrons. The minimum Gasteiger partial charge on any atom is -0.493 e. The normalized spacial score (nSPS) is 15.7. The zero-order valence-electron chi connectivity index (χ0n) is 12.3. The third kappa shape index (κ3) is 3.37. The van der Waals surface area contributed by atoms with Gasteiger partial charge in [-0.05, 0) is 37.5 Å². The lowest BCUT2D eigenvalue weighted by atomic mass is 9.77. The SMILES string of the molecule is COc1ccc(-c2nc(C3(N)CCC3)no2)cc1OC(F)F.Cl. The summed E-state index contributed by atoms with van der Waals surface area (Å²) in [5.41, 5.74) is 6.04. The van der Waals surface area contributed by atoms with E-state index in [1.807, 2.05) is 0 Å². The van der Waals surface area contributed by atoms with Crippen LogP contribution in [0, 0.1) is 0 Å². The number of benzene rings is 1. The van der Waals surface area contributed by atoms with Crippen molar-refractivity contribution in [2.45, 2.75) is 31.4 Å². The van der Waals surface area contributed by atoms with Crippen molar-refractivity contribution in [1.29, 1.82) is 0 Å². The van der Waals surface area contributed by atoms with Gasteiger partial charge in [0.15, 0.2) is 17.3 Å². The smallest absolute Gasteiger partial charge is 0.387 e. The number of ether oxygens (including phenoxy) is 2. The van der Waals surface area contributed by atoms with Crippen LogP contribution in [-0.4, -0.2) is 23.9 Å². The predicted molar refractivity (Wildman–Crippen MR) is 79.9 cm³/mol. The molecule has 0 saturated heterocycles. The van der Waals surface area contributed by atoms with Crippen LogP contribution in [0.5, 0.6) is 11.5 Å². The summed E-state index contributed by atoms with van der Waals surface area (Å²) in [4.78, 5) is 4.26. The third-order valence-corrected chi connectivity index (χ3v) is 3.74. The van der Waals surface area contributed by atoms with Crippen molar-refractivity contribution in [3.8, 4) is 23.0 Å². The topological polar surface area (TPSA) is 83.4 Å².